The van der Waals surface area contributed by atoms with Gasteiger partial charge in [-0.3, -0.25) is 4.68 Å². The number of nitrogens with one attached hydrogen (secondary N) is 1. The van der Waals surface area contributed by atoms with E-state index in [1.807, 2.05) is 13.2 Å². The van der Waals surface area contributed by atoms with Gasteiger partial charge in [0.05, 0.1) is 6.20 Å². The molecule has 0 aliphatic rings. The van der Waals surface area contributed by atoms with Crippen LogP contribution in [0.1, 0.15) is 5.56 Å². The zero-order valence-corrected chi connectivity index (χ0v) is 11.9. The Balaban J connectivity index is 2.19. The van der Waals surface area contributed by atoms with Crippen LogP contribution in [0.4, 0.5) is 5.82 Å². The molecule has 2 rings (SSSR count). The highest BCUT2D eigenvalue weighted by atomic mass is 35.5. The van der Waals surface area contributed by atoms with Gasteiger partial charge in [0.15, 0.2) is 0 Å². The van der Waals surface area contributed by atoms with Gasteiger partial charge in [-0.15, -0.1) is 0 Å². The fourth-order valence-electron chi connectivity index (χ4n) is 1.41. The quantitative estimate of drug-likeness (QED) is 0.666. The molecule has 2 aromatic rings. The van der Waals surface area contributed by atoms with Crippen LogP contribution in [0.3, 0.4) is 0 Å². The number of aryl methyl sites for hydroxylation is 1. The number of aromatic nitrogens is 4. The minimum Gasteiger partial charge on any atom is -0.366 e. The van der Waals surface area contributed by atoms with Crippen molar-refractivity contribution in [2.75, 3.05) is 11.6 Å². The van der Waals surface area contributed by atoms with Crippen LogP contribution in [0.5, 0.6) is 0 Å². The third kappa shape index (κ3) is 3.65. The molecule has 19 heavy (non-hydrogen) atoms. The lowest BCUT2D eigenvalue weighted by Gasteiger charge is -2.05. The van der Waals surface area contributed by atoms with Crippen molar-refractivity contribution < 1.29 is 8.42 Å². The van der Waals surface area contributed by atoms with Gasteiger partial charge in [0.25, 0.3) is 0 Å². The lowest BCUT2D eigenvalue weighted by molar-refractivity contribution is 0.593. The minimum absolute atomic E-state index is 0.0733. The van der Waals surface area contributed by atoms with E-state index in [0.29, 0.717) is 12.4 Å². The van der Waals surface area contributed by atoms with Crippen LogP contribution in [0.2, 0.25) is 5.15 Å². The largest absolute Gasteiger partial charge is 0.366 e. The molecule has 0 atom stereocenters. The number of sulfone groups is 1. The third-order valence-electron chi connectivity index (χ3n) is 2.24. The Kier molecular flexibility index (Phi) is 3.72. The van der Waals surface area contributed by atoms with Gasteiger partial charge in [-0.2, -0.15) is 5.10 Å². The molecular weight excluding hydrogens is 290 g/mol. The second kappa shape index (κ2) is 5.14. The fourth-order valence-corrected chi connectivity index (χ4v) is 2.17. The highest BCUT2D eigenvalue weighted by Gasteiger charge is 2.13. The molecule has 2 heterocycles. The van der Waals surface area contributed by atoms with E-state index in [4.69, 9.17) is 11.6 Å². The summed E-state index contributed by atoms with van der Waals surface area (Å²) in [5.41, 5.74) is 0.943. The first-order chi connectivity index (χ1) is 8.84. The van der Waals surface area contributed by atoms with Crippen LogP contribution < -0.4 is 5.32 Å². The van der Waals surface area contributed by atoms with Crippen LogP contribution in [0.25, 0.3) is 0 Å². The zero-order valence-electron chi connectivity index (χ0n) is 10.3. The van der Waals surface area contributed by atoms with Gasteiger partial charge in [0, 0.05) is 37.7 Å². The SMILES string of the molecule is Cn1cc(CNc2cc(Cl)nc(S(C)(=O)=O)n2)cn1. The smallest absolute Gasteiger partial charge is 0.250 e. The monoisotopic (exact) mass is 301 g/mol. The summed E-state index contributed by atoms with van der Waals surface area (Å²) in [5, 5.41) is 6.78. The van der Waals surface area contributed by atoms with E-state index in [9.17, 15) is 8.42 Å². The Bertz CT molecular complexity index is 698. The van der Waals surface area contributed by atoms with Crippen molar-refractivity contribution in [3.63, 3.8) is 0 Å². The third-order valence-corrected chi connectivity index (χ3v) is 3.28. The van der Waals surface area contributed by atoms with E-state index >= 15 is 0 Å². The molecule has 102 valence electrons. The van der Waals surface area contributed by atoms with Crippen molar-refractivity contribution in [1.29, 1.82) is 0 Å². The van der Waals surface area contributed by atoms with Crippen LogP contribution in [-0.4, -0.2) is 34.4 Å². The summed E-state index contributed by atoms with van der Waals surface area (Å²) in [4.78, 5) is 7.58. The maximum Gasteiger partial charge on any atom is 0.250 e. The second-order valence-electron chi connectivity index (χ2n) is 4.01. The average Bonchev–Trinajstić information content (AvgIpc) is 2.71. The van der Waals surface area contributed by atoms with Gasteiger partial charge in [-0.25, -0.2) is 18.4 Å². The van der Waals surface area contributed by atoms with Crippen molar-refractivity contribution in [2.24, 2.45) is 7.05 Å². The fraction of sp³-hybridized carbons (Fsp3) is 0.300. The lowest BCUT2D eigenvalue weighted by Crippen LogP contribution is -2.08. The highest BCUT2D eigenvalue weighted by molar-refractivity contribution is 7.90. The first kappa shape index (κ1) is 13.8. The maximum absolute atomic E-state index is 11.4. The molecular formula is C10H12ClN5O2S. The van der Waals surface area contributed by atoms with Crippen LogP contribution in [0.15, 0.2) is 23.6 Å². The first-order valence-electron chi connectivity index (χ1n) is 5.30. The molecule has 0 saturated carbocycles. The van der Waals surface area contributed by atoms with Crippen molar-refractivity contribution in [2.45, 2.75) is 11.7 Å². The minimum atomic E-state index is -3.49. The zero-order chi connectivity index (χ0) is 14.0. The Morgan fingerprint density at radius 1 is 1.42 bits per heavy atom. The van der Waals surface area contributed by atoms with Crippen molar-refractivity contribution >= 4 is 27.3 Å². The van der Waals surface area contributed by atoms with Crippen molar-refractivity contribution in [1.82, 2.24) is 19.7 Å². The molecule has 1 N–H and O–H groups in total. The molecule has 0 spiro atoms. The standard InChI is InChI=1S/C10H12ClN5O2S/c1-16-6-7(5-13-16)4-12-9-3-8(11)14-10(15-9)19(2,17)18/h3,5-6H,4H2,1-2H3,(H,12,14,15). The van der Waals surface area contributed by atoms with Gasteiger partial charge in [-0.1, -0.05) is 11.6 Å². The Labute approximate surface area is 115 Å². The first-order valence-corrected chi connectivity index (χ1v) is 7.57. The molecule has 0 aliphatic carbocycles. The molecule has 7 nitrogen and oxygen atoms in total. The van der Waals surface area contributed by atoms with Crippen LogP contribution >= 0.6 is 11.6 Å². The summed E-state index contributed by atoms with van der Waals surface area (Å²) in [6.45, 7) is 0.463. The number of halogens is 1. The normalized spacial score (nSPS) is 11.5. The molecule has 0 bridgehead atoms. The second-order valence-corrected chi connectivity index (χ2v) is 6.30. The summed E-state index contributed by atoms with van der Waals surface area (Å²) in [5.74, 6) is 0.351. The summed E-state index contributed by atoms with van der Waals surface area (Å²) in [6.07, 6.45) is 4.57. The molecule has 0 unspecified atom stereocenters. The maximum atomic E-state index is 11.4. The van der Waals surface area contributed by atoms with Gasteiger partial charge >= 0.3 is 0 Å². The molecule has 0 aromatic carbocycles. The number of anilines is 1. The molecule has 0 aliphatic heterocycles. The summed E-state index contributed by atoms with van der Waals surface area (Å²) in [6, 6.07) is 1.46. The molecule has 0 radical (unpaired) electrons. The number of nitrogens with zero attached hydrogens (tertiary/aromatic N) is 4. The summed E-state index contributed by atoms with van der Waals surface area (Å²) >= 11 is 5.77. The van der Waals surface area contributed by atoms with E-state index in [1.165, 1.54) is 6.07 Å². The number of rotatable bonds is 4. The predicted molar refractivity (Wildman–Crippen MR) is 70.7 cm³/mol. The van der Waals surface area contributed by atoms with Gasteiger partial charge in [0.1, 0.15) is 11.0 Å². The Hall–Kier alpha value is -1.67. The molecule has 0 amide bonds. The van der Waals surface area contributed by atoms with Gasteiger partial charge in [-0.05, 0) is 0 Å². The molecule has 0 saturated heterocycles. The Morgan fingerprint density at radius 2 is 2.16 bits per heavy atom. The van der Waals surface area contributed by atoms with Crippen LogP contribution in [-0.2, 0) is 23.4 Å². The highest BCUT2D eigenvalue weighted by Crippen LogP contribution is 2.15. The van der Waals surface area contributed by atoms with E-state index in [0.717, 1.165) is 11.8 Å². The summed E-state index contributed by atoms with van der Waals surface area (Å²) < 4.78 is 24.5. The van der Waals surface area contributed by atoms with Gasteiger partial charge in [0.2, 0.25) is 15.0 Å². The molecule has 0 fully saturated rings. The van der Waals surface area contributed by atoms with E-state index in [-0.39, 0.29) is 10.3 Å². The molecule has 2 aromatic heterocycles. The van der Waals surface area contributed by atoms with E-state index in [1.54, 1.807) is 10.9 Å². The Morgan fingerprint density at radius 3 is 2.74 bits per heavy atom. The topological polar surface area (TPSA) is 89.8 Å². The lowest BCUT2D eigenvalue weighted by atomic mass is 10.3. The number of hydrogen-bond acceptors (Lipinski definition) is 6. The molecule has 9 heteroatoms. The van der Waals surface area contributed by atoms with E-state index in [2.05, 4.69) is 20.4 Å². The van der Waals surface area contributed by atoms with Crippen LogP contribution in [0, 0.1) is 0 Å². The predicted octanol–water partition coefficient (Wildman–Crippen LogP) is 0.879. The van der Waals surface area contributed by atoms with Crippen molar-refractivity contribution in [3.8, 4) is 0 Å². The van der Waals surface area contributed by atoms with Gasteiger partial charge < -0.3 is 5.32 Å². The average molecular weight is 302 g/mol. The summed E-state index contributed by atoms with van der Waals surface area (Å²) in [7, 11) is -1.68. The van der Waals surface area contributed by atoms with Crippen molar-refractivity contribution in [3.05, 3.63) is 29.2 Å². The number of hydrogen-bond donors (Lipinski definition) is 1. The van der Waals surface area contributed by atoms with E-state index < -0.39 is 9.84 Å².